The minimum absolute atomic E-state index is 0.312. The van der Waals surface area contributed by atoms with E-state index in [2.05, 4.69) is 10.4 Å². The lowest BCUT2D eigenvalue weighted by Gasteiger charge is -2.31. The number of likely N-dealkylation sites (tertiary alicyclic amines) is 1. The molecule has 3 N–H and O–H groups in total. The fourth-order valence-corrected chi connectivity index (χ4v) is 2.11. The Bertz CT molecular complexity index is 381. The number of urea groups is 1. The summed E-state index contributed by atoms with van der Waals surface area (Å²) in [5.74, 6) is 0. The lowest BCUT2D eigenvalue weighted by Crippen LogP contribution is -2.46. The number of piperidine rings is 1. The Labute approximate surface area is 101 Å². The first-order valence-electron chi connectivity index (χ1n) is 5.91. The monoisotopic (exact) mass is 237 g/mol. The van der Waals surface area contributed by atoms with Crippen LogP contribution in [0.5, 0.6) is 0 Å². The number of rotatable bonds is 3. The van der Waals surface area contributed by atoms with E-state index in [1.165, 1.54) is 0 Å². The molecule has 6 nitrogen and oxygen atoms in total. The molecular weight excluding hydrogens is 218 g/mol. The maximum Gasteiger partial charge on any atom is 0.314 e. The van der Waals surface area contributed by atoms with Gasteiger partial charge < -0.3 is 16.0 Å². The van der Waals surface area contributed by atoms with Crippen LogP contribution in [-0.4, -0.2) is 39.8 Å². The highest BCUT2D eigenvalue weighted by Gasteiger charge is 2.20. The predicted molar refractivity (Wildman–Crippen MR) is 64.2 cm³/mol. The van der Waals surface area contributed by atoms with Crippen molar-refractivity contribution in [3.63, 3.8) is 0 Å². The lowest BCUT2D eigenvalue weighted by molar-refractivity contribution is 0.185. The van der Waals surface area contributed by atoms with Gasteiger partial charge in [-0.3, -0.25) is 4.68 Å². The Balaban J connectivity index is 1.73. The highest BCUT2D eigenvalue weighted by molar-refractivity contribution is 5.72. The first-order valence-corrected chi connectivity index (χ1v) is 5.91. The number of hydrogen-bond donors (Lipinski definition) is 2. The SMILES string of the molecule is Cn1ccc(CNC2CCN(C(N)=O)CC2)n1. The highest BCUT2D eigenvalue weighted by Crippen LogP contribution is 2.10. The van der Waals surface area contributed by atoms with Crippen molar-refractivity contribution in [3.05, 3.63) is 18.0 Å². The van der Waals surface area contributed by atoms with E-state index in [0.717, 1.165) is 38.2 Å². The normalized spacial score (nSPS) is 17.4. The lowest BCUT2D eigenvalue weighted by atomic mass is 10.1. The summed E-state index contributed by atoms with van der Waals surface area (Å²) in [6, 6.07) is 2.15. The van der Waals surface area contributed by atoms with Crippen LogP contribution in [0.15, 0.2) is 12.3 Å². The summed E-state index contributed by atoms with van der Waals surface area (Å²) in [4.78, 5) is 12.7. The van der Waals surface area contributed by atoms with E-state index >= 15 is 0 Å². The first kappa shape index (κ1) is 11.9. The van der Waals surface area contributed by atoms with Crippen LogP contribution >= 0.6 is 0 Å². The minimum Gasteiger partial charge on any atom is -0.351 e. The zero-order valence-electron chi connectivity index (χ0n) is 10.1. The maximum absolute atomic E-state index is 11.0. The third-order valence-electron chi connectivity index (χ3n) is 3.15. The maximum atomic E-state index is 11.0. The molecule has 0 radical (unpaired) electrons. The molecule has 6 heteroatoms. The van der Waals surface area contributed by atoms with Crippen LogP contribution in [0.4, 0.5) is 4.79 Å². The molecule has 0 saturated carbocycles. The second-order valence-corrected chi connectivity index (χ2v) is 4.46. The molecule has 94 valence electrons. The minimum atomic E-state index is -0.312. The number of nitrogens with one attached hydrogen (secondary N) is 1. The van der Waals surface area contributed by atoms with Gasteiger partial charge in [-0.05, 0) is 18.9 Å². The van der Waals surface area contributed by atoms with Gasteiger partial charge in [-0.25, -0.2) is 4.79 Å². The number of amides is 2. The van der Waals surface area contributed by atoms with Crippen LogP contribution in [0.1, 0.15) is 18.5 Å². The van der Waals surface area contributed by atoms with Gasteiger partial charge in [0, 0.05) is 38.9 Å². The Morgan fingerprint density at radius 1 is 1.59 bits per heavy atom. The number of aromatic nitrogens is 2. The smallest absolute Gasteiger partial charge is 0.314 e. The van der Waals surface area contributed by atoms with E-state index in [1.807, 2.05) is 19.3 Å². The molecule has 0 aromatic carbocycles. The van der Waals surface area contributed by atoms with Gasteiger partial charge in [0.15, 0.2) is 0 Å². The zero-order chi connectivity index (χ0) is 12.3. The molecule has 0 bridgehead atoms. The number of primary amides is 1. The molecular formula is C11H19N5O. The largest absolute Gasteiger partial charge is 0.351 e. The third-order valence-corrected chi connectivity index (χ3v) is 3.15. The van der Waals surface area contributed by atoms with E-state index in [0.29, 0.717) is 6.04 Å². The summed E-state index contributed by atoms with van der Waals surface area (Å²) in [6.07, 6.45) is 3.85. The van der Waals surface area contributed by atoms with Crippen molar-refractivity contribution >= 4 is 6.03 Å². The standard InChI is InChI=1S/C11H19N5O/c1-15-5-2-10(14-15)8-13-9-3-6-16(7-4-9)11(12)17/h2,5,9,13H,3-4,6-8H2,1H3,(H2,12,17). The molecule has 1 saturated heterocycles. The topological polar surface area (TPSA) is 76.2 Å². The van der Waals surface area contributed by atoms with Crippen LogP contribution in [0.3, 0.4) is 0 Å². The molecule has 2 heterocycles. The molecule has 1 aromatic heterocycles. The number of carbonyl (C=O) groups is 1. The summed E-state index contributed by atoms with van der Waals surface area (Å²) in [7, 11) is 1.91. The fourth-order valence-electron chi connectivity index (χ4n) is 2.11. The van der Waals surface area contributed by atoms with Crippen LogP contribution in [0.25, 0.3) is 0 Å². The average molecular weight is 237 g/mol. The van der Waals surface area contributed by atoms with Gasteiger partial charge in [0.1, 0.15) is 0 Å². The number of hydrogen-bond acceptors (Lipinski definition) is 3. The van der Waals surface area contributed by atoms with Crippen molar-refractivity contribution in [1.82, 2.24) is 20.0 Å². The van der Waals surface area contributed by atoms with Crippen LogP contribution in [0.2, 0.25) is 0 Å². The number of nitrogens with two attached hydrogens (primary N) is 1. The molecule has 0 spiro atoms. The van der Waals surface area contributed by atoms with Gasteiger partial charge in [0.25, 0.3) is 0 Å². The van der Waals surface area contributed by atoms with Gasteiger partial charge in [-0.15, -0.1) is 0 Å². The molecule has 1 aromatic rings. The van der Waals surface area contributed by atoms with Crippen LogP contribution in [-0.2, 0) is 13.6 Å². The van der Waals surface area contributed by atoms with Crippen molar-refractivity contribution in [2.45, 2.75) is 25.4 Å². The Hall–Kier alpha value is -1.56. The third kappa shape index (κ3) is 3.20. The summed E-state index contributed by atoms with van der Waals surface area (Å²) in [6.45, 7) is 2.27. The van der Waals surface area contributed by atoms with E-state index in [-0.39, 0.29) is 6.03 Å². The molecule has 2 amide bonds. The molecule has 0 unspecified atom stereocenters. The van der Waals surface area contributed by atoms with Gasteiger partial charge in [-0.1, -0.05) is 0 Å². The fraction of sp³-hybridized carbons (Fsp3) is 0.636. The van der Waals surface area contributed by atoms with E-state index in [4.69, 9.17) is 5.73 Å². The van der Waals surface area contributed by atoms with Gasteiger partial charge in [-0.2, -0.15) is 5.10 Å². The van der Waals surface area contributed by atoms with Crippen molar-refractivity contribution in [2.75, 3.05) is 13.1 Å². The molecule has 17 heavy (non-hydrogen) atoms. The number of aryl methyl sites for hydroxylation is 1. The van der Waals surface area contributed by atoms with Crippen molar-refractivity contribution in [1.29, 1.82) is 0 Å². The summed E-state index contributed by atoms with van der Waals surface area (Å²) < 4.78 is 1.80. The average Bonchev–Trinajstić information content (AvgIpc) is 2.73. The predicted octanol–water partition coefficient (Wildman–Crippen LogP) is 0.0528. The molecule has 0 aliphatic carbocycles. The van der Waals surface area contributed by atoms with Crippen molar-refractivity contribution < 1.29 is 4.79 Å². The first-order chi connectivity index (χ1) is 8.15. The Morgan fingerprint density at radius 3 is 2.82 bits per heavy atom. The number of nitrogens with zero attached hydrogens (tertiary/aromatic N) is 3. The second kappa shape index (κ2) is 5.18. The summed E-state index contributed by atoms with van der Waals surface area (Å²) in [5, 5.41) is 7.76. The van der Waals surface area contributed by atoms with Crippen molar-refractivity contribution in [2.24, 2.45) is 12.8 Å². The summed E-state index contributed by atoms with van der Waals surface area (Å²) >= 11 is 0. The Morgan fingerprint density at radius 2 is 2.29 bits per heavy atom. The molecule has 2 rings (SSSR count). The second-order valence-electron chi connectivity index (χ2n) is 4.46. The van der Waals surface area contributed by atoms with E-state index in [1.54, 1.807) is 9.58 Å². The van der Waals surface area contributed by atoms with Gasteiger partial charge in [0.05, 0.1) is 5.69 Å². The zero-order valence-corrected chi connectivity index (χ0v) is 10.1. The number of carbonyl (C=O) groups excluding carboxylic acids is 1. The quantitative estimate of drug-likeness (QED) is 0.780. The van der Waals surface area contributed by atoms with Gasteiger partial charge in [0.2, 0.25) is 0 Å². The summed E-state index contributed by atoms with van der Waals surface area (Å²) in [5.41, 5.74) is 6.28. The van der Waals surface area contributed by atoms with Gasteiger partial charge >= 0.3 is 6.03 Å². The van der Waals surface area contributed by atoms with E-state index < -0.39 is 0 Å². The Kier molecular flexibility index (Phi) is 3.63. The van der Waals surface area contributed by atoms with Crippen LogP contribution < -0.4 is 11.1 Å². The van der Waals surface area contributed by atoms with E-state index in [9.17, 15) is 4.79 Å². The molecule has 0 atom stereocenters. The van der Waals surface area contributed by atoms with Crippen LogP contribution in [0, 0.1) is 0 Å². The molecule has 1 aliphatic heterocycles. The van der Waals surface area contributed by atoms with Crippen molar-refractivity contribution in [3.8, 4) is 0 Å². The highest BCUT2D eigenvalue weighted by atomic mass is 16.2. The molecule has 1 fully saturated rings. The molecule has 1 aliphatic rings.